The van der Waals surface area contributed by atoms with Gasteiger partial charge in [0.1, 0.15) is 0 Å². The van der Waals surface area contributed by atoms with Crippen LogP contribution < -0.4 is 20.5 Å². The van der Waals surface area contributed by atoms with Crippen molar-refractivity contribution >= 4 is 11.8 Å². The zero-order chi connectivity index (χ0) is 14.5. The maximum Gasteiger partial charge on any atom is 0.231 e. The van der Waals surface area contributed by atoms with Crippen LogP contribution in [0.4, 0.5) is 0 Å². The van der Waals surface area contributed by atoms with E-state index in [9.17, 15) is 9.59 Å². The summed E-state index contributed by atoms with van der Waals surface area (Å²) in [5.74, 6) is 0.414. The Bertz CT molecular complexity index is 516. The standard InChI is InChI=1S/C14H17N2O4/c1-9(14(15)18)2-5-13(17)16-7-10-3-4-11-12(6-10)20-8-19-11/h3-6,9H,2,7-8H2,1H3,(H2,15,18)(H,16,17)/t9-/m0/s1. The lowest BCUT2D eigenvalue weighted by atomic mass is 10.1. The summed E-state index contributed by atoms with van der Waals surface area (Å²) in [5.41, 5.74) is 6.04. The molecule has 1 aliphatic rings. The molecule has 0 unspecified atom stereocenters. The second-order valence-corrected chi connectivity index (χ2v) is 4.65. The molecule has 3 N–H and O–H groups in total. The largest absolute Gasteiger partial charge is 0.454 e. The van der Waals surface area contributed by atoms with Gasteiger partial charge >= 0.3 is 0 Å². The first kappa shape index (κ1) is 14.2. The Morgan fingerprint density at radius 3 is 2.90 bits per heavy atom. The molecule has 6 nitrogen and oxygen atoms in total. The molecule has 1 aromatic rings. The highest BCUT2D eigenvalue weighted by molar-refractivity contribution is 5.85. The summed E-state index contributed by atoms with van der Waals surface area (Å²) in [7, 11) is 0. The molecule has 1 heterocycles. The molecular formula is C14H17N2O4. The number of benzene rings is 1. The number of carbonyl (C=O) groups is 2. The second-order valence-electron chi connectivity index (χ2n) is 4.65. The molecule has 1 aromatic carbocycles. The fourth-order valence-corrected chi connectivity index (χ4v) is 1.71. The number of nitrogens with one attached hydrogen (secondary N) is 1. The molecule has 1 radical (unpaired) electrons. The van der Waals surface area contributed by atoms with Gasteiger partial charge in [-0.3, -0.25) is 9.59 Å². The number of fused-ring (bicyclic) bond motifs is 1. The minimum absolute atomic E-state index is 0.226. The zero-order valence-corrected chi connectivity index (χ0v) is 11.2. The summed E-state index contributed by atoms with van der Waals surface area (Å²) in [5, 5.41) is 2.74. The average Bonchev–Trinajstić information content (AvgIpc) is 2.89. The van der Waals surface area contributed by atoms with Gasteiger partial charge in [0.25, 0.3) is 0 Å². The van der Waals surface area contributed by atoms with Gasteiger partial charge < -0.3 is 20.5 Å². The molecule has 2 amide bonds. The summed E-state index contributed by atoms with van der Waals surface area (Å²) >= 11 is 0. The Morgan fingerprint density at radius 2 is 2.15 bits per heavy atom. The highest BCUT2D eigenvalue weighted by Crippen LogP contribution is 2.32. The van der Waals surface area contributed by atoms with Crippen LogP contribution in [0.15, 0.2) is 18.2 Å². The zero-order valence-electron chi connectivity index (χ0n) is 11.2. The van der Waals surface area contributed by atoms with E-state index in [0.29, 0.717) is 24.5 Å². The van der Waals surface area contributed by atoms with E-state index in [1.54, 1.807) is 6.92 Å². The summed E-state index contributed by atoms with van der Waals surface area (Å²) in [6.45, 7) is 2.30. The van der Waals surface area contributed by atoms with Crippen LogP contribution in [-0.4, -0.2) is 18.6 Å². The van der Waals surface area contributed by atoms with Gasteiger partial charge in [0.2, 0.25) is 18.6 Å². The number of ether oxygens (including phenoxy) is 2. The van der Waals surface area contributed by atoms with E-state index in [4.69, 9.17) is 15.2 Å². The van der Waals surface area contributed by atoms with Crippen LogP contribution in [0, 0.1) is 12.3 Å². The molecule has 0 saturated carbocycles. The number of nitrogens with two attached hydrogens (primary N) is 1. The molecule has 0 fully saturated rings. The average molecular weight is 277 g/mol. The van der Waals surface area contributed by atoms with E-state index in [2.05, 4.69) is 5.32 Å². The number of hydrogen-bond acceptors (Lipinski definition) is 4. The Labute approximate surface area is 117 Å². The third kappa shape index (κ3) is 3.63. The van der Waals surface area contributed by atoms with E-state index in [0.717, 1.165) is 5.56 Å². The fourth-order valence-electron chi connectivity index (χ4n) is 1.71. The molecule has 2 rings (SSSR count). The van der Waals surface area contributed by atoms with E-state index in [-0.39, 0.29) is 18.6 Å². The molecule has 0 aromatic heterocycles. The van der Waals surface area contributed by atoms with Crippen molar-refractivity contribution in [2.75, 3.05) is 6.79 Å². The molecule has 0 bridgehead atoms. The van der Waals surface area contributed by atoms with Crippen molar-refractivity contribution in [3.05, 3.63) is 30.2 Å². The highest BCUT2D eigenvalue weighted by Gasteiger charge is 2.14. The minimum atomic E-state index is -0.412. The van der Waals surface area contributed by atoms with E-state index >= 15 is 0 Å². The number of primary amides is 1. The monoisotopic (exact) mass is 277 g/mol. The number of hydrogen-bond donors (Lipinski definition) is 2. The van der Waals surface area contributed by atoms with Gasteiger partial charge in [-0.1, -0.05) is 13.0 Å². The third-order valence-corrected chi connectivity index (χ3v) is 3.05. The normalized spacial score (nSPS) is 13.8. The van der Waals surface area contributed by atoms with Crippen LogP contribution in [0.2, 0.25) is 0 Å². The van der Waals surface area contributed by atoms with Crippen molar-refractivity contribution in [1.82, 2.24) is 5.32 Å². The summed E-state index contributed by atoms with van der Waals surface area (Å²) in [4.78, 5) is 22.4. The first-order chi connectivity index (χ1) is 9.56. The molecule has 0 spiro atoms. The predicted molar refractivity (Wildman–Crippen MR) is 71.7 cm³/mol. The Morgan fingerprint density at radius 1 is 1.40 bits per heavy atom. The molecular weight excluding hydrogens is 260 g/mol. The Hall–Kier alpha value is -2.24. The molecule has 1 atom stereocenters. The quantitative estimate of drug-likeness (QED) is 0.802. The topological polar surface area (TPSA) is 90.7 Å². The van der Waals surface area contributed by atoms with E-state index < -0.39 is 5.91 Å². The van der Waals surface area contributed by atoms with Crippen molar-refractivity contribution in [2.24, 2.45) is 11.7 Å². The first-order valence-corrected chi connectivity index (χ1v) is 6.35. The lowest BCUT2D eigenvalue weighted by Crippen LogP contribution is -2.26. The van der Waals surface area contributed by atoms with Crippen LogP contribution in [0.3, 0.4) is 0 Å². The minimum Gasteiger partial charge on any atom is -0.454 e. The summed E-state index contributed by atoms with van der Waals surface area (Å²) in [6, 6.07) is 5.50. The fraction of sp³-hybridized carbons (Fsp3) is 0.357. The van der Waals surface area contributed by atoms with Crippen molar-refractivity contribution < 1.29 is 19.1 Å². The van der Waals surface area contributed by atoms with Gasteiger partial charge in [-0.15, -0.1) is 0 Å². The smallest absolute Gasteiger partial charge is 0.231 e. The molecule has 20 heavy (non-hydrogen) atoms. The first-order valence-electron chi connectivity index (χ1n) is 6.35. The van der Waals surface area contributed by atoms with E-state index in [1.807, 2.05) is 18.2 Å². The van der Waals surface area contributed by atoms with Crippen molar-refractivity contribution in [2.45, 2.75) is 19.9 Å². The van der Waals surface area contributed by atoms with Gasteiger partial charge in [-0.2, -0.15) is 0 Å². The molecule has 0 saturated heterocycles. The molecule has 6 heteroatoms. The lowest BCUT2D eigenvalue weighted by molar-refractivity contribution is -0.121. The Kier molecular flexibility index (Phi) is 4.45. The van der Waals surface area contributed by atoms with Gasteiger partial charge in [-0.25, -0.2) is 0 Å². The van der Waals surface area contributed by atoms with Crippen LogP contribution in [0.25, 0.3) is 0 Å². The second kappa shape index (κ2) is 6.27. The maximum absolute atomic E-state index is 11.6. The van der Waals surface area contributed by atoms with Crippen LogP contribution in [0.1, 0.15) is 18.9 Å². The van der Waals surface area contributed by atoms with Crippen LogP contribution >= 0.6 is 0 Å². The van der Waals surface area contributed by atoms with Crippen molar-refractivity contribution in [3.63, 3.8) is 0 Å². The van der Waals surface area contributed by atoms with E-state index in [1.165, 1.54) is 6.42 Å². The van der Waals surface area contributed by atoms with Crippen LogP contribution in [-0.2, 0) is 16.1 Å². The SMILES string of the molecule is C[C@@H](C[CH]C(=O)NCc1ccc2c(c1)OCO2)C(N)=O. The predicted octanol–water partition coefficient (Wildman–Crippen LogP) is 0.747. The van der Waals surface area contributed by atoms with Gasteiger partial charge in [0.15, 0.2) is 11.5 Å². The maximum atomic E-state index is 11.6. The van der Waals surface area contributed by atoms with Gasteiger partial charge in [0, 0.05) is 12.5 Å². The van der Waals surface area contributed by atoms with Gasteiger partial charge in [-0.05, 0) is 24.1 Å². The number of rotatable bonds is 6. The summed E-state index contributed by atoms with van der Waals surface area (Å²) in [6.07, 6.45) is 1.77. The van der Waals surface area contributed by atoms with Gasteiger partial charge in [0.05, 0.1) is 6.42 Å². The molecule has 1 aliphatic heterocycles. The van der Waals surface area contributed by atoms with Crippen molar-refractivity contribution in [3.8, 4) is 11.5 Å². The number of carbonyl (C=O) groups excluding carboxylic acids is 2. The third-order valence-electron chi connectivity index (χ3n) is 3.05. The van der Waals surface area contributed by atoms with Crippen LogP contribution in [0.5, 0.6) is 11.5 Å². The lowest BCUT2D eigenvalue weighted by Gasteiger charge is -2.08. The summed E-state index contributed by atoms with van der Waals surface area (Å²) < 4.78 is 10.5. The number of amides is 2. The molecule has 107 valence electrons. The molecule has 0 aliphatic carbocycles. The Balaban J connectivity index is 1.77. The van der Waals surface area contributed by atoms with Crippen molar-refractivity contribution in [1.29, 1.82) is 0 Å². The highest BCUT2D eigenvalue weighted by atomic mass is 16.7.